The molecule has 0 aliphatic rings. The van der Waals surface area contributed by atoms with Crippen molar-refractivity contribution in [2.75, 3.05) is 6.54 Å². The minimum atomic E-state index is -4.29. The molecule has 1 amide bonds. The molecule has 0 aliphatic heterocycles. The van der Waals surface area contributed by atoms with Crippen LogP contribution in [-0.2, 0) is 21.5 Å². The van der Waals surface area contributed by atoms with Crippen LogP contribution in [0.4, 0.5) is 4.79 Å². The van der Waals surface area contributed by atoms with Crippen molar-refractivity contribution < 1.29 is 22.5 Å². The molecule has 6 nitrogen and oxygen atoms in total. The summed E-state index contributed by atoms with van der Waals surface area (Å²) < 4.78 is 36.7. The average Bonchev–Trinajstić information content (AvgIpc) is 2.57. The minimum Gasteiger partial charge on any atom is -0.445 e. The van der Waals surface area contributed by atoms with Gasteiger partial charge in [0.15, 0.2) is 0 Å². The van der Waals surface area contributed by atoms with E-state index in [1.165, 1.54) is 18.2 Å². The third-order valence-corrected chi connectivity index (χ3v) is 4.00. The number of amides is 1. The molecule has 0 spiro atoms. The maximum Gasteiger partial charge on any atom is 0.407 e. The molecule has 0 saturated carbocycles. The van der Waals surface area contributed by atoms with E-state index in [0.717, 1.165) is 5.56 Å². The normalized spacial score (nSPS) is 11.4. The fourth-order valence-electron chi connectivity index (χ4n) is 1.96. The van der Waals surface area contributed by atoms with Crippen molar-refractivity contribution in [1.82, 2.24) is 5.32 Å². The molecule has 2 aromatic rings. The van der Waals surface area contributed by atoms with E-state index in [1.807, 2.05) is 30.3 Å². The first-order valence-electron chi connectivity index (χ1n) is 7.14. The summed E-state index contributed by atoms with van der Waals surface area (Å²) in [5.41, 5.74) is 1.21. The van der Waals surface area contributed by atoms with Crippen LogP contribution in [-0.4, -0.2) is 25.6 Å². The molecule has 2 rings (SSSR count). The number of ether oxygens (including phenoxy) is 1. The molecule has 0 fully saturated rings. The lowest BCUT2D eigenvalue weighted by molar-refractivity contribution is 0.141. The van der Waals surface area contributed by atoms with Crippen LogP contribution in [0.2, 0.25) is 0 Å². The van der Waals surface area contributed by atoms with Gasteiger partial charge in [-0.15, -0.1) is 0 Å². The van der Waals surface area contributed by atoms with Crippen LogP contribution in [0.15, 0.2) is 65.6 Å². The molecule has 7 heteroatoms. The van der Waals surface area contributed by atoms with Crippen molar-refractivity contribution in [2.45, 2.75) is 11.5 Å². The van der Waals surface area contributed by atoms with Crippen molar-refractivity contribution in [2.24, 2.45) is 0 Å². The Bertz CT molecular complexity index is 816. The maximum absolute atomic E-state index is 11.6. The SMILES string of the molecule is O=C(NCC=Cc1ccccc1S(=O)(=O)O)OCc1ccccc1. The summed E-state index contributed by atoms with van der Waals surface area (Å²) in [5, 5.41) is 2.52. The van der Waals surface area contributed by atoms with Gasteiger partial charge >= 0.3 is 6.09 Å². The second-order valence-electron chi connectivity index (χ2n) is 4.86. The average molecular weight is 347 g/mol. The van der Waals surface area contributed by atoms with Crippen molar-refractivity contribution in [1.29, 1.82) is 0 Å². The van der Waals surface area contributed by atoms with E-state index in [2.05, 4.69) is 5.32 Å². The predicted molar refractivity (Wildman–Crippen MR) is 89.9 cm³/mol. The zero-order chi connectivity index (χ0) is 17.4. The second-order valence-corrected chi connectivity index (χ2v) is 6.25. The maximum atomic E-state index is 11.6. The molecule has 0 atom stereocenters. The molecule has 0 bridgehead atoms. The fourth-order valence-corrected chi connectivity index (χ4v) is 2.64. The van der Waals surface area contributed by atoms with Crippen molar-refractivity contribution in [3.63, 3.8) is 0 Å². The van der Waals surface area contributed by atoms with Crippen molar-refractivity contribution in [3.8, 4) is 0 Å². The van der Waals surface area contributed by atoms with E-state index in [1.54, 1.807) is 18.2 Å². The van der Waals surface area contributed by atoms with Crippen LogP contribution in [0.1, 0.15) is 11.1 Å². The number of carbonyl (C=O) groups excluding carboxylic acids is 1. The molecular formula is C17H17NO5S. The lowest BCUT2D eigenvalue weighted by Gasteiger charge is -2.05. The van der Waals surface area contributed by atoms with Gasteiger partial charge in [0.25, 0.3) is 10.1 Å². The monoisotopic (exact) mass is 347 g/mol. The number of carbonyl (C=O) groups is 1. The van der Waals surface area contributed by atoms with Crippen LogP contribution in [0.25, 0.3) is 6.08 Å². The number of hydrogen-bond donors (Lipinski definition) is 2. The van der Waals surface area contributed by atoms with E-state index in [9.17, 15) is 13.2 Å². The number of benzene rings is 2. The Morgan fingerprint density at radius 1 is 1.08 bits per heavy atom. The fraction of sp³-hybridized carbons (Fsp3) is 0.118. The molecule has 0 unspecified atom stereocenters. The largest absolute Gasteiger partial charge is 0.445 e. The summed E-state index contributed by atoms with van der Waals surface area (Å²) in [6.45, 7) is 0.329. The highest BCUT2D eigenvalue weighted by atomic mass is 32.2. The quantitative estimate of drug-likeness (QED) is 0.784. The second kappa shape index (κ2) is 8.28. The first-order chi connectivity index (χ1) is 11.5. The molecule has 0 radical (unpaired) electrons. The first kappa shape index (κ1) is 17.7. The van der Waals surface area contributed by atoms with Gasteiger partial charge in [-0.1, -0.05) is 60.7 Å². The molecule has 2 N–H and O–H groups in total. The first-order valence-corrected chi connectivity index (χ1v) is 8.58. The van der Waals surface area contributed by atoms with Crippen LogP contribution < -0.4 is 5.32 Å². The number of rotatable bonds is 6. The molecular weight excluding hydrogens is 330 g/mol. The third kappa shape index (κ3) is 5.53. The molecule has 0 saturated heterocycles. The van der Waals surface area contributed by atoms with Crippen LogP contribution >= 0.6 is 0 Å². The smallest absolute Gasteiger partial charge is 0.407 e. The molecule has 0 aromatic heterocycles. The summed E-state index contributed by atoms with van der Waals surface area (Å²) in [7, 11) is -4.29. The van der Waals surface area contributed by atoms with E-state index in [-0.39, 0.29) is 18.0 Å². The van der Waals surface area contributed by atoms with Gasteiger partial charge in [-0.2, -0.15) is 8.42 Å². The van der Waals surface area contributed by atoms with E-state index in [4.69, 9.17) is 9.29 Å². The Morgan fingerprint density at radius 3 is 2.46 bits per heavy atom. The lowest BCUT2D eigenvalue weighted by atomic mass is 10.2. The summed E-state index contributed by atoms with van der Waals surface area (Å²) in [6, 6.07) is 15.3. The van der Waals surface area contributed by atoms with Gasteiger partial charge in [0, 0.05) is 6.54 Å². The topological polar surface area (TPSA) is 92.7 Å². The summed E-state index contributed by atoms with van der Waals surface area (Å²) in [5.74, 6) is 0. The molecule has 0 heterocycles. The Morgan fingerprint density at radius 2 is 1.75 bits per heavy atom. The number of nitrogens with one attached hydrogen (secondary N) is 1. The predicted octanol–water partition coefficient (Wildman–Crippen LogP) is 2.87. The Kier molecular flexibility index (Phi) is 6.11. The number of hydrogen-bond acceptors (Lipinski definition) is 4. The van der Waals surface area contributed by atoms with Gasteiger partial charge in [-0.25, -0.2) is 4.79 Å². The third-order valence-electron chi connectivity index (χ3n) is 3.07. The summed E-state index contributed by atoms with van der Waals surface area (Å²) in [6.07, 6.45) is 2.49. The Hall–Kier alpha value is -2.64. The number of alkyl carbamates (subject to hydrolysis) is 1. The van der Waals surface area contributed by atoms with Crippen molar-refractivity contribution >= 4 is 22.3 Å². The summed E-state index contributed by atoms with van der Waals surface area (Å²) >= 11 is 0. The zero-order valence-corrected chi connectivity index (χ0v) is 13.6. The molecule has 24 heavy (non-hydrogen) atoms. The van der Waals surface area contributed by atoms with Crippen molar-refractivity contribution in [3.05, 3.63) is 71.8 Å². The van der Waals surface area contributed by atoms with Crippen LogP contribution in [0.3, 0.4) is 0 Å². The highest BCUT2D eigenvalue weighted by Gasteiger charge is 2.12. The molecule has 126 valence electrons. The lowest BCUT2D eigenvalue weighted by Crippen LogP contribution is -2.24. The standard InChI is InChI=1S/C17H17NO5S/c19-17(23-13-14-7-2-1-3-8-14)18-12-6-10-15-9-4-5-11-16(15)24(20,21)22/h1-11H,12-13H2,(H,18,19)(H,20,21,22). The molecule has 0 aliphatic carbocycles. The highest BCUT2D eigenvalue weighted by Crippen LogP contribution is 2.16. The Balaban J connectivity index is 1.84. The van der Waals surface area contributed by atoms with Gasteiger partial charge in [0.1, 0.15) is 11.5 Å². The van der Waals surface area contributed by atoms with Gasteiger partial charge in [-0.3, -0.25) is 4.55 Å². The van der Waals surface area contributed by atoms with Gasteiger partial charge in [0.05, 0.1) is 0 Å². The van der Waals surface area contributed by atoms with Crippen LogP contribution in [0, 0.1) is 0 Å². The highest BCUT2D eigenvalue weighted by molar-refractivity contribution is 7.85. The van der Waals surface area contributed by atoms with Gasteiger partial charge in [-0.05, 0) is 17.2 Å². The summed E-state index contributed by atoms with van der Waals surface area (Å²) in [4.78, 5) is 11.4. The van der Waals surface area contributed by atoms with Gasteiger partial charge in [0.2, 0.25) is 0 Å². The van der Waals surface area contributed by atoms with Gasteiger partial charge < -0.3 is 10.1 Å². The molecule has 2 aromatic carbocycles. The minimum absolute atomic E-state index is 0.160. The van der Waals surface area contributed by atoms with E-state index in [0.29, 0.717) is 5.56 Å². The zero-order valence-electron chi connectivity index (χ0n) is 12.8. The van der Waals surface area contributed by atoms with E-state index < -0.39 is 16.2 Å². The van der Waals surface area contributed by atoms with E-state index >= 15 is 0 Å². The Labute approximate surface area is 140 Å². The van der Waals surface area contributed by atoms with Crippen LogP contribution in [0.5, 0.6) is 0 Å².